The van der Waals surface area contributed by atoms with Crippen molar-refractivity contribution >= 4 is 23.4 Å². The third-order valence-electron chi connectivity index (χ3n) is 2.28. The van der Waals surface area contributed by atoms with E-state index < -0.39 is 0 Å². The summed E-state index contributed by atoms with van der Waals surface area (Å²) in [6.07, 6.45) is 1.82. The average molecular weight is 212 g/mol. The average Bonchev–Trinajstić information content (AvgIpc) is 2.47. The second-order valence-corrected chi connectivity index (χ2v) is 3.39. The zero-order valence-electron chi connectivity index (χ0n) is 8.27. The summed E-state index contributed by atoms with van der Waals surface area (Å²) in [5.74, 6) is 0. The second-order valence-electron chi connectivity index (χ2n) is 3.39. The van der Waals surface area contributed by atoms with E-state index in [1.807, 2.05) is 37.0 Å². The Hall–Kier alpha value is -1.06. The van der Waals surface area contributed by atoms with Crippen LogP contribution in [0.2, 0.25) is 0 Å². The number of nitrogens with two attached hydrogens (primary N) is 1. The number of benzene rings is 1. The van der Waals surface area contributed by atoms with Gasteiger partial charge in [0, 0.05) is 13.1 Å². The van der Waals surface area contributed by atoms with E-state index in [4.69, 9.17) is 5.73 Å². The molecule has 2 aromatic rings. The molecule has 0 amide bonds. The molecule has 0 fully saturated rings. The first-order valence-electron chi connectivity index (χ1n) is 4.35. The van der Waals surface area contributed by atoms with Gasteiger partial charge < -0.3 is 10.3 Å². The van der Waals surface area contributed by atoms with E-state index in [0.717, 1.165) is 16.6 Å². The number of fused-ring (bicyclic) bond motifs is 1. The molecule has 1 aromatic heterocycles. The van der Waals surface area contributed by atoms with E-state index in [9.17, 15) is 0 Å². The lowest BCUT2D eigenvalue weighted by molar-refractivity contribution is 0.818. The molecule has 2 rings (SSSR count). The zero-order chi connectivity index (χ0) is 9.42. The van der Waals surface area contributed by atoms with Gasteiger partial charge in [0.05, 0.1) is 17.4 Å². The number of rotatable bonds is 1. The van der Waals surface area contributed by atoms with Crippen molar-refractivity contribution in [3.63, 3.8) is 0 Å². The van der Waals surface area contributed by atoms with Gasteiger partial charge >= 0.3 is 0 Å². The lowest BCUT2D eigenvalue weighted by atomic mass is 10.1. The molecule has 1 aromatic carbocycles. The number of hydrogen-bond donors (Lipinski definition) is 1. The molecule has 3 nitrogen and oxygen atoms in total. The highest BCUT2D eigenvalue weighted by Gasteiger charge is 2.03. The smallest absolute Gasteiger partial charge is 0.0955 e. The van der Waals surface area contributed by atoms with Crippen LogP contribution in [0.5, 0.6) is 0 Å². The van der Waals surface area contributed by atoms with Gasteiger partial charge in [-0.05, 0) is 24.6 Å². The first-order valence-corrected chi connectivity index (χ1v) is 4.35. The van der Waals surface area contributed by atoms with Crippen molar-refractivity contribution in [2.75, 3.05) is 0 Å². The maximum absolute atomic E-state index is 5.79. The van der Waals surface area contributed by atoms with E-state index in [2.05, 4.69) is 11.1 Å². The van der Waals surface area contributed by atoms with E-state index in [0.29, 0.717) is 0 Å². The van der Waals surface area contributed by atoms with Crippen LogP contribution in [0, 0.1) is 0 Å². The molecule has 14 heavy (non-hydrogen) atoms. The molecule has 0 aliphatic heterocycles. The fourth-order valence-electron chi connectivity index (χ4n) is 1.43. The quantitative estimate of drug-likeness (QED) is 0.785. The number of aromatic nitrogens is 2. The van der Waals surface area contributed by atoms with Crippen LogP contribution in [0.25, 0.3) is 11.0 Å². The topological polar surface area (TPSA) is 43.8 Å². The van der Waals surface area contributed by atoms with Crippen LogP contribution in [0.15, 0.2) is 24.5 Å². The first kappa shape index (κ1) is 11.0. The lowest BCUT2D eigenvalue weighted by Crippen LogP contribution is -2.04. The Morgan fingerprint density at radius 2 is 2.14 bits per heavy atom. The minimum absolute atomic E-state index is 0. The van der Waals surface area contributed by atoms with Crippen molar-refractivity contribution < 1.29 is 0 Å². The largest absolute Gasteiger partial charge is 0.334 e. The number of hydrogen-bond acceptors (Lipinski definition) is 2. The van der Waals surface area contributed by atoms with E-state index >= 15 is 0 Å². The summed E-state index contributed by atoms with van der Waals surface area (Å²) in [5.41, 5.74) is 9.10. The summed E-state index contributed by atoms with van der Waals surface area (Å²) in [6.45, 7) is 1.98. The van der Waals surface area contributed by atoms with Crippen molar-refractivity contribution in [3.8, 4) is 0 Å². The van der Waals surface area contributed by atoms with Crippen molar-refractivity contribution in [1.29, 1.82) is 0 Å². The van der Waals surface area contributed by atoms with Crippen LogP contribution >= 0.6 is 12.4 Å². The lowest BCUT2D eigenvalue weighted by Gasteiger charge is -2.05. The number of imidazole rings is 1. The van der Waals surface area contributed by atoms with E-state index in [1.54, 1.807) is 0 Å². The van der Waals surface area contributed by atoms with Crippen LogP contribution < -0.4 is 5.73 Å². The zero-order valence-corrected chi connectivity index (χ0v) is 9.08. The molecule has 2 N–H and O–H groups in total. The summed E-state index contributed by atoms with van der Waals surface area (Å²) in [4.78, 5) is 4.24. The van der Waals surface area contributed by atoms with E-state index in [-0.39, 0.29) is 18.4 Å². The Labute approximate surface area is 89.3 Å². The van der Waals surface area contributed by atoms with Crippen molar-refractivity contribution in [3.05, 3.63) is 30.1 Å². The van der Waals surface area contributed by atoms with Gasteiger partial charge in [0.25, 0.3) is 0 Å². The van der Waals surface area contributed by atoms with Gasteiger partial charge in [0.1, 0.15) is 0 Å². The van der Waals surface area contributed by atoms with Gasteiger partial charge in [0.2, 0.25) is 0 Å². The molecular formula is C10H14ClN3. The molecule has 0 radical (unpaired) electrons. The Morgan fingerprint density at radius 3 is 2.79 bits per heavy atom. The van der Waals surface area contributed by atoms with Crippen LogP contribution in [-0.2, 0) is 7.05 Å². The monoisotopic (exact) mass is 211 g/mol. The Balaban J connectivity index is 0.000000980. The Kier molecular flexibility index (Phi) is 3.13. The third kappa shape index (κ3) is 1.74. The molecule has 0 unspecified atom stereocenters. The van der Waals surface area contributed by atoms with Crippen LogP contribution in [-0.4, -0.2) is 9.55 Å². The highest BCUT2D eigenvalue weighted by Crippen LogP contribution is 2.17. The number of nitrogens with zero attached hydrogens (tertiary/aromatic N) is 2. The standard InChI is InChI=1S/C10H13N3.ClH/c1-7(11)8-3-4-9-10(5-8)13(2)6-12-9;/h3-7H,11H2,1-2H3;1H/t7-;/m0./s1. The summed E-state index contributed by atoms with van der Waals surface area (Å²) in [7, 11) is 1.99. The van der Waals surface area contributed by atoms with Gasteiger partial charge in [-0.25, -0.2) is 4.98 Å². The molecular weight excluding hydrogens is 198 g/mol. The van der Waals surface area contributed by atoms with Gasteiger partial charge in [-0.1, -0.05) is 6.07 Å². The minimum atomic E-state index is 0. The minimum Gasteiger partial charge on any atom is -0.334 e. The molecule has 4 heteroatoms. The molecule has 1 heterocycles. The summed E-state index contributed by atoms with van der Waals surface area (Å²) in [6, 6.07) is 6.21. The van der Waals surface area contributed by atoms with Crippen LogP contribution in [0.3, 0.4) is 0 Å². The predicted octanol–water partition coefficient (Wildman–Crippen LogP) is 2.01. The number of aryl methyl sites for hydroxylation is 1. The summed E-state index contributed by atoms with van der Waals surface area (Å²) < 4.78 is 2.00. The van der Waals surface area contributed by atoms with E-state index in [1.165, 1.54) is 0 Å². The molecule has 0 bridgehead atoms. The second kappa shape index (κ2) is 3.98. The van der Waals surface area contributed by atoms with Gasteiger partial charge in [-0.3, -0.25) is 0 Å². The normalized spacial score (nSPS) is 12.5. The van der Waals surface area contributed by atoms with Gasteiger partial charge in [0.15, 0.2) is 0 Å². The Morgan fingerprint density at radius 1 is 1.43 bits per heavy atom. The SMILES string of the molecule is C[C@H](N)c1ccc2ncn(C)c2c1.Cl. The highest BCUT2D eigenvalue weighted by molar-refractivity contribution is 5.85. The Bertz CT molecular complexity index is 434. The van der Waals surface area contributed by atoms with Gasteiger partial charge in [-0.2, -0.15) is 0 Å². The summed E-state index contributed by atoms with van der Waals surface area (Å²) in [5, 5.41) is 0. The fourth-order valence-corrected chi connectivity index (χ4v) is 1.43. The van der Waals surface area contributed by atoms with Crippen LogP contribution in [0.1, 0.15) is 18.5 Å². The van der Waals surface area contributed by atoms with Crippen molar-refractivity contribution in [2.24, 2.45) is 12.8 Å². The maximum atomic E-state index is 5.79. The maximum Gasteiger partial charge on any atom is 0.0955 e. The molecule has 0 spiro atoms. The molecule has 0 saturated carbocycles. The molecule has 76 valence electrons. The summed E-state index contributed by atoms with van der Waals surface area (Å²) >= 11 is 0. The number of halogens is 1. The first-order chi connectivity index (χ1) is 6.18. The highest BCUT2D eigenvalue weighted by atomic mass is 35.5. The van der Waals surface area contributed by atoms with Crippen LogP contribution in [0.4, 0.5) is 0 Å². The van der Waals surface area contributed by atoms with Crippen molar-refractivity contribution in [1.82, 2.24) is 9.55 Å². The third-order valence-corrected chi connectivity index (χ3v) is 2.28. The molecule has 1 atom stereocenters. The fraction of sp³-hybridized carbons (Fsp3) is 0.300. The molecule has 0 aliphatic carbocycles. The predicted molar refractivity (Wildman–Crippen MR) is 60.6 cm³/mol. The molecule has 0 aliphatic rings. The van der Waals surface area contributed by atoms with Gasteiger partial charge in [-0.15, -0.1) is 12.4 Å². The van der Waals surface area contributed by atoms with Crippen molar-refractivity contribution in [2.45, 2.75) is 13.0 Å². The molecule has 0 saturated heterocycles.